The Hall–Kier alpha value is -0.460. The first-order valence-corrected chi connectivity index (χ1v) is 4.05. The van der Waals surface area contributed by atoms with Gasteiger partial charge in [-0.05, 0) is 0 Å². The maximum atomic E-state index is 10.4. The van der Waals surface area contributed by atoms with E-state index >= 15 is 0 Å². The molecular weight excluding hydrogens is 172 g/mol. The van der Waals surface area contributed by atoms with E-state index in [-0.39, 0.29) is 25.6 Å². The largest absolute Gasteiger partial charge is 0.750 e. The van der Waals surface area contributed by atoms with Gasteiger partial charge in [0.2, 0.25) is 0 Å². The third kappa shape index (κ3) is 7.44. The monoisotopic (exact) mass is 181 g/mol. The molecular formula is C5H9O5S-. The lowest BCUT2D eigenvalue weighted by atomic mass is 10.5. The number of carbonyl (C=O) groups is 1. The van der Waals surface area contributed by atoms with E-state index in [4.69, 9.17) is 0 Å². The molecule has 0 rings (SSSR count). The molecule has 6 heteroatoms. The van der Waals surface area contributed by atoms with Crippen LogP contribution in [0.1, 0.15) is 13.3 Å². The first kappa shape index (κ1) is 10.5. The van der Waals surface area contributed by atoms with Crippen LogP contribution in [-0.2, 0) is 25.1 Å². The second-order valence-electron chi connectivity index (χ2n) is 1.60. The average Bonchev–Trinajstić information content (AvgIpc) is 1.97. The molecule has 11 heavy (non-hydrogen) atoms. The van der Waals surface area contributed by atoms with Gasteiger partial charge in [0.15, 0.2) is 0 Å². The highest BCUT2D eigenvalue weighted by Gasteiger charge is 1.96. The van der Waals surface area contributed by atoms with Crippen LogP contribution in [0.2, 0.25) is 0 Å². The number of carbonyl (C=O) groups excluding carboxylic acids is 1. The van der Waals surface area contributed by atoms with E-state index in [1.165, 1.54) is 0 Å². The van der Waals surface area contributed by atoms with Crippen molar-refractivity contribution >= 4 is 17.3 Å². The summed E-state index contributed by atoms with van der Waals surface area (Å²) in [4.78, 5) is 10.4. The Morgan fingerprint density at radius 2 is 2.18 bits per heavy atom. The van der Waals surface area contributed by atoms with Crippen LogP contribution in [-0.4, -0.2) is 27.9 Å². The van der Waals surface area contributed by atoms with Crippen molar-refractivity contribution in [3.05, 3.63) is 0 Å². The standard InChI is InChI=1S/C5H10O5S/c1-2-5(6)9-3-4-10-11(7)8/h2-4H2,1H3,(H,7,8)/p-1. The summed E-state index contributed by atoms with van der Waals surface area (Å²) in [5.41, 5.74) is 0. The van der Waals surface area contributed by atoms with Gasteiger partial charge < -0.3 is 9.29 Å². The van der Waals surface area contributed by atoms with Gasteiger partial charge in [-0.1, -0.05) is 6.92 Å². The van der Waals surface area contributed by atoms with Crippen LogP contribution in [0, 0.1) is 0 Å². The van der Waals surface area contributed by atoms with E-state index in [0.29, 0.717) is 0 Å². The van der Waals surface area contributed by atoms with E-state index in [0.717, 1.165) is 0 Å². The van der Waals surface area contributed by atoms with Crippen molar-refractivity contribution in [3.8, 4) is 0 Å². The van der Waals surface area contributed by atoms with Crippen LogP contribution in [0.25, 0.3) is 0 Å². The summed E-state index contributed by atoms with van der Waals surface area (Å²) in [6, 6.07) is 0. The topological polar surface area (TPSA) is 75.7 Å². The molecule has 0 aromatic heterocycles. The first-order chi connectivity index (χ1) is 5.16. The molecule has 66 valence electrons. The lowest BCUT2D eigenvalue weighted by Crippen LogP contribution is -2.10. The van der Waals surface area contributed by atoms with Crippen molar-refractivity contribution in [2.45, 2.75) is 13.3 Å². The van der Waals surface area contributed by atoms with Crippen molar-refractivity contribution in [3.63, 3.8) is 0 Å². The van der Waals surface area contributed by atoms with Crippen LogP contribution in [0.3, 0.4) is 0 Å². The Morgan fingerprint density at radius 3 is 2.64 bits per heavy atom. The molecule has 0 saturated carbocycles. The van der Waals surface area contributed by atoms with E-state index in [2.05, 4.69) is 8.92 Å². The summed E-state index contributed by atoms with van der Waals surface area (Å²) < 4.78 is 28.1. The lowest BCUT2D eigenvalue weighted by Gasteiger charge is -2.05. The van der Waals surface area contributed by atoms with Crippen molar-refractivity contribution < 1.29 is 22.5 Å². The van der Waals surface area contributed by atoms with Gasteiger partial charge in [0.1, 0.15) is 6.61 Å². The number of hydrogen-bond donors (Lipinski definition) is 0. The van der Waals surface area contributed by atoms with E-state index in [1.807, 2.05) is 0 Å². The Bertz CT molecular complexity index is 146. The smallest absolute Gasteiger partial charge is 0.305 e. The second kappa shape index (κ2) is 6.26. The molecule has 0 aliphatic rings. The normalized spacial score (nSPS) is 12.5. The third-order valence-corrected chi connectivity index (χ3v) is 1.17. The van der Waals surface area contributed by atoms with Crippen molar-refractivity contribution in [1.29, 1.82) is 0 Å². The maximum absolute atomic E-state index is 10.4. The molecule has 0 radical (unpaired) electrons. The van der Waals surface area contributed by atoms with Crippen LogP contribution in [0.4, 0.5) is 0 Å². The van der Waals surface area contributed by atoms with Gasteiger partial charge in [-0.15, -0.1) is 0 Å². The second-order valence-corrected chi connectivity index (χ2v) is 2.24. The molecule has 1 atom stereocenters. The zero-order chi connectivity index (χ0) is 8.69. The Balaban J connectivity index is 3.14. The molecule has 0 saturated heterocycles. The van der Waals surface area contributed by atoms with Gasteiger partial charge in [0, 0.05) is 6.42 Å². The first-order valence-electron chi connectivity index (χ1n) is 3.05. The summed E-state index contributed by atoms with van der Waals surface area (Å²) in [7, 11) is 0. The van der Waals surface area contributed by atoms with Crippen LogP contribution < -0.4 is 0 Å². The molecule has 0 aliphatic carbocycles. The molecule has 0 bridgehead atoms. The summed E-state index contributed by atoms with van der Waals surface area (Å²) in [5, 5.41) is 0. The third-order valence-electron chi connectivity index (χ3n) is 0.815. The quantitative estimate of drug-likeness (QED) is 0.332. The highest BCUT2D eigenvalue weighted by Crippen LogP contribution is 1.85. The van der Waals surface area contributed by atoms with Gasteiger partial charge in [0.05, 0.1) is 18.0 Å². The summed E-state index contributed by atoms with van der Waals surface area (Å²) >= 11 is -2.52. The molecule has 0 spiro atoms. The molecule has 0 aliphatic heterocycles. The molecule has 0 amide bonds. The fourth-order valence-corrected chi connectivity index (χ4v) is 0.564. The van der Waals surface area contributed by atoms with Crippen molar-refractivity contribution in [2.75, 3.05) is 13.2 Å². The van der Waals surface area contributed by atoms with Crippen LogP contribution in [0.15, 0.2) is 0 Å². The van der Waals surface area contributed by atoms with Gasteiger partial charge in [-0.2, -0.15) is 0 Å². The molecule has 0 aromatic carbocycles. The maximum Gasteiger partial charge on any atom is 0.305 e. The van der Waals surface area contributed by atoms with Gasteiger partial charge >= 0.3 is 5.97 Å². The molecule has 0 heterocycles. The minimum atomic E-state index is -2.52. The summed E-state index contributed by atoms with van der Waals surface area (Å²) in [6.45, 7) is 1.50. The molecule has 1 unspecified atom stereocenters. The van der Waals surface area contributed by atoms with Gasteiger partial charge in [-0.3, -0.25) is 8.98 Å². The summed E-state index contributed by atoms with van der Waals surface area (Å²) in [6.07, 6.45) is 0.278. The predicted octanol–water partition coefficient (Wildman–Crippen LogP) is -0.250. The molecule has 0 N–H and O–H groups in total. The Morgan fingerprint density at radius 1 is 1.55 bits per heavy atom. The van der Waals surface area contributed by atoms with Crippen LogP contribution >= 0.6 is 0 Å². The van der Waals surface area contributed by atoms with E-state index in [9.17, 15) is 13.6 Å². The van der Waals surface area contributed by atoms with Gasteiger partial charge in [0.25, 0.3) is 0 Å². The molecule has 5 nitrogen and oxygen atoms in total. The molecule has 0 aromatic rings. The zero-order valence-electron chi connectivity index (χ0n) is 6.07. The fraction of sp³-hybridized carbons (Fsp3) is 0.800. The minimum absolute atomic E-state index is 0.0271. The Labute approximate surface area is 67.2 Å². The van der Waals surface area contributed by atoms with Gasteiger partial charge in [-0.25, -0.2) is 4.21 Å². The van der Waals surface area contributed by atoms with Crippen LogP contribution in [0.5, 0.6) is 0 Å². The molecule has 0 fully saturated rings. The van der Waals surface area contributed by atoms with Crippen molar-refractivity contribution in [1.82, 2.24) is 0 Å². The average molecular weight is 181 g/mol. The summed E-state index contributed by atoms with van der Waals surface area (Å²) in [5.74, 6) is -0.370. The Kier molecular flexibility index (Phi) is 6.00. The van der Waals surface area contributed by atoms with E-state index in [1.54, 1.807) is 6.92 Å². The number of esters is 1. The zero-order valence-corrected chi connectivity index (χ0v) is 6.89. The van der Waals surface area contributed by atoms with E-state index < -0.39 is 11.4 Å². The SMILES string of the molecule is CCC(=O)OCCOS(=O)[O-]. The lowest BCUT2D eigenvalue weighted by molar-refractivity contribution is -0.143. The van der Waals surface area contributed by atoms with Crippen molar-refractivity contribution in [2.24, 2.45) is 0 Å². The minimum Gasteiger partial charge on any atom is -0.750 e. The fourth-order valence-electron chi connectivity index (χ4n) is 0.360. The highest BCUT2D eigenvalue weighted by molar-refractivity contribution is 7.74. The number of hydrogen-bond acceptors (Lipinski definition) is 5. The number of ether oxygens (including phenoxy) is 1. The highest BCUT2D eigenvalue weighted by atomic mass is 32.2. The number of rotatable bonds is 5. The predicted molar refractivity (Wildman–Crippen MR) is 36.1 cm³/mol.